The van der Waals surface area contributed by atoms with Crippen molar-refractivity contribution >= 4 is 18.5 Å². The summed E-state index contributed by atoms with van der Waals surface area (Å²) < 4.78 is 0. The Morgan fingerprint density at radius 1 is 0.864 bits per heavy atom. The number of amides is 2. The molecule has 0 aliphatic carbocycles. The fraction of sp³-hybridized carbons (Fsp3) is 0. The number of nitrogens with one attached hydrogen (secondary N) is 2. The van der Waals surface area contributed by atoms with E-state index in [-0.39, 0.29) is 11.5 Å². The number of urea groups is 1. The average Bonchev–Trinajstić information content (AvgIpc) is 2.47. The number of nitrogens with zero attached hydrogens (tertiary/aromatic N) is 2. The summed E-state index contributed by atoms with van der Waals surface area (Å²) in [5.74, 6) is 0.230. The zero-order valence-electron chi connectivity index (χ0n) is 11.5. The largest absolute Gasteiger partial charge is 0.508 e. The van der Waals surface area contributed by atoms with Crippen LogP contribution in [0, 0.1) is 0 Å². The average molecular weight is 298 g/mol. The lowest BCUT2D eigenvalue weighted by Gasteiger charge is -1.98. The molecule has 0 aliphatic rings. The van der Waals surface area contributed by atoms with Gasteiger partial charge in [0.15, 0.2) is 0 Å². The lowest BCUT2D eigenvalue weighted by Crippen LogP contribution is -2.28. The van der Waals surface area contributed by atoms with E-state index in [0.717, 1.165) is 0 Å². The highest BCUT2D eigenvalue weighted by atomic mass is 16.3. The summed E-state index contributed by atoms with van der Waals surface area (Å²) in [5, 5.41) is 26.0. The first-order valence-electron chi connectivity index (χ1n) is 6.34. The number of aromatic hydroxyl groups is 2. The molecule has 112 valence electrons. The highest BCUT2D eigenvalue weighted by Crippen LogP contribution is 2.09. The smallest absolute Gasteiger partial charge is 0.355 e. The molecule has 7 heteroatoms. The molecule has 2 amide bonds. The van der Waals surface area contributed by atoms with E-state index < -0.39 is 6.03 Å². The van der Waals surface area contributed by atoms with E-state index in [0.29, 0.717) is 11.1 Å². The Morgan fingerprint density at radius 3 is 1.73 bits per heavy atom. The minimum atomic E-state index is -0.618. The SMILES string of the molecule is O=C(N/N=C/c1cccc(O)c1)N/N=C/c1cccc(O)c1. The van der Waals surface area contributed by atoms with Crippen molar-refractivity contribution < 1.29 is 15.0 Å². The van der Waals surface area contributed by atoms with Gasteiger partial charge in [-0.25, -0.2) is 15.6 Å². The molecule has 0 fully saturated rings. The second-order valence-electron chi connectivity index (χ2n) is 4.26. The predicted octanol–water partition coefficient (Wildman–Crippen LogP) is 1.76. The number of hydrogen-bond donors (Lipinski definition) is 4. The van der Waals surface area contributed by atoms with Crippen molar-refractivity contribution in [1.82, 2.24) is 10.9 Å². The first kappa shape index (κ1) is 15.0. The number of carbonyl (C=O) groups excluding carboxylic acids is 1. The van der Waals surface area contributed by atoms with Gasteiger partial charge in [-0.2, -0.15) is 10.2 Å². The van der Waals surface area contributed by atoms with Gasteiger partial charge in [-0.3, -0.25) is 0 Å². The summed E-state index contributed by atoms with van der Waals surface area (Å²) in [6, 6.07) is 12.2. The number of hydrogen-bond acceptors (Lipinski definition) is 5. The van der Waals surface area contributed by atoms with Crippen LogP contribution in [-0.2, 0) is 0 Å². The number of benzene rings is 2. The van der Waals surface area contributed by atoms with Crippen molar-refractivity contribution in [3.8, 4) is 11.5 Å². The van der Waals surface area contributed by atoms with Gasteiger partial charge in [-0.1, -0.05) is 24.3 Å². The molecule has 0 saturated carbocycles. The van der Waals surface area contributed by atoms with Gasteiger partial charge in [0, 0.05) is 0 Å². The van der Waals surface area contributed by atoms with Crippen LogP contribution in [0.4, 0.5) is 4.79 Å². The first-order valence-corrected chi connectivity index (χ1v) is 6.34. The van der Waals surface area contributed by atoms with Crippen molar-refractivity contribution in [1.29, 1.82) is 0 Å². The molecule has 2 aromatic carbocycles. The zero-order valence-corrected chi connectivity index (χ0v) is 11.5. The van der Waals surface area contributed by atoms with Gasteiger partial charge < -0.3 is 10.2 Å². The van der Waals surface area contributed by atoms with Gasteiger partial charge >= 0.3 is 6.03 Å². The molecule has 0 unspecified atom stereocenters. The van der Waals surface area contributed by atoms with Crippen molar-refractivity contribution in [3.05, 3.63) is 59.7 Å². The Kier molecular flexibility index (Phi) is 5.09. The zero-order chi connectivity index (χ0) is 15.8. The van der Waals surface area contributed by atoms with Gasteiger partial charge in [0.1, 0.15) is 11.5 Å². The van der Waals surface area contributed by atoms with Crippen LogP contribution in [0.3, 0.4) is 0 Å². The molecule has 2 aromatic rings. The second kappa shape index (κ2) is 7.44. The van der Waals surface area contributed by atoms with Gasteiger partial charge in [-0.15, -0.1) is 0 Å². The molecule has 22 heavy (non-hydrogen) atoms. The van der Waals surface area contributed by atoms with E-state index in [9.17, 15) is 15.0 Å². The molecule has 0 atom stereocenters. The standard InChI is InChI=1S/C15H14N4O3/c20-13-5-1-3-11(7-13)9-16-18-15(22)19-17-10-12-4-2-6-14(21)8-12/h1-10,20-21H,(H2,18,19,22)/b16-9+,17-10+. The Labute approximate surface area is 126 Å². The van der Waals surface area contributed by atoms with E-state index in [1.54, 1.807) is 24.3 Å². The molecular weight excluding hydrogens is 284 g/mol. The summed E-state index contributed by atoms with van der Waals surface area (Å²) in [5.41, 5.74) is 5.73. The van der Waals surface area contributed by atoms with E-state index in [2.05, 4.69) is 21.1 Å². The lowest BCUT2D eigenvalue weighted by molar-refractivity contribution is 0.242. The normalized spacial score (nSPS) is 10.9. The van der Waals surface area contributed by atoms with Crippen LogP contribution >= 0.6 is 0 Å². The molecule has 0 heterocycles. The van der Waals surface area contributed by atoms with Gasteiger partial charge in [0.25, 0.3) is 0 Å². The van der Waals surface area contributed by atoms with Crippen LogP contribution in [0.25, 0.3) is 0 Å². The van der Waals surface area contributed by atoms with Crippen LogP contribution in [0.2, 0.25) is 0 Å². The molecular formula is C15H14N4O3. The molecule has 2 rings (SSSR count). The molecule has 0 spiro atoms. The summed E-state index contributed by atoms with van der Waals surface area (Å²) in [6.45, 7) is 0. The van der Waals surface area contributed by atoms with Crippen LogP contribution in [0.5, 0.6) is 11.5 Å². The van der Waals surface area contributed by atoms with Crippen LogP contribution in [0.1, 0.15) is 11.1 Å². The summed E-state index contributed by atoms with van der Waals surface area (Å²) in [4.78, 5) is 11.4. The van der Waals surface area contributed by atoms with Crippen molar-refractivity contribution in [2.24, 2.45) is 10.2 Å². The lowest BCUT2D eigenvalue weighted by atomic mass is 10.2. The fourth-order valence-electron chi connectivity index (χ4n) is 1.57. The fourth-order valence-corrected chi connectivity index (χ4v) is 1.57. The van der Waals surface area contributed by atoms with Crippen LogP contribution in [0.15, 0.2) is 58.7 Å². The Morgan fingerprint density at radius 2 is 1.32 bits per heavy atom. The third-order valence-electron chi connectivity index (χ3n) is 2.50. The van der Waals surface area contributed by atoms with Crippen molar-refractivity contribution in [2.75, 3.05) is 0 Å². The van der Waals surface area contributed by atoms with Crippen LogP contribution < -0.4 is 10.9 Å². The summed E-state index contributed by atoms with van der Waals surface area (Å²) in [6.07, 6.45) is 2.77. The third-order valence-corrected chi connectivity index (χ3v) is 2.50. The highest BCUT2D eigenvalue weighted by molar-refractivity contribution is 5.84. The van der Waals surface area contributed by atoms with Crippen LogP contribution in [-0.4, -0.2) is 28.7 Å². The molecule has 0 aliphatic heterocycles. The van der Waals surface area contributed by atoms with Gasteiger partial charge in [0.05, 0.1) is 12.4 Å². The molecule has 7 nitrogen and oxygen atoms in total. The number of hydrazone groups is 2. The highest BCUT2D eigenvalue weighted by Gasteiger charge is 1.95. The van der Waals surface area contributed by atoms with E-state index in [4.69, 9.17) is 0 Å². The van der Waals surface area contributed by atoms with E-state index in [1.807, 2.05) is 0 Å². The summed E-state index contributed by atoms with van der Waals surface area (Å²) in [7, 11) is 0. The van der Waals surface area contributed by atoms with Gasteiger partial charge in [-0.05, 0) is 35.4 Å². The maximum Gasteiger partial charge on any atom is 0.355 e. The van der Waals surface area contributed by atoms with E-state index >= 15 is 0 Å². The predicted molar refractivity (Wildman–Crippen MR) is 83.1 cm³/mol. The second-order valence-corrected chi connectivity index (χ2v) is 4.26. The number of phenolic OH excluding ortho intramolecular Hbond substituents is 2. The monoisotopic (exact) mass is 298 g/mol. The first-order chi connectivity index (χ1) is 10.6. The topological polar surface area (TPSA) is 106 Å². The molecule has 0 aromatic heterocycles. The van der Waals surface area contributed by atoms with Crippen molar-refractivity contribution in [2.45, 2.75) is 0 Å². The minimum absolute atomic E-state index is 0.115. The molecule has 0 radical (unpaired) electrons. The quantitative estimate of drug-likeness (QED) is 0.510. The van der Waals surface area contributed by atoms with Crippen molar-refractivity contribution in [3.63, 3.8) is 0 Å². The number of phenols is 2. The summed E-state index contributed by atoms with van der Waals surface area (Å²) >= 11 is 0. The number of rotatable bonds is 4. The van der Waals surface area contributed by atoms with Gasteiger partial charge in [0.2, 0.25) is 0 Å². The molecule has 4 N–H and O–H groups in total. The molecule has 0 saturated heterocycles. The Balaban J connectivity index is 1.81. The number of carbonyl (C=O) groups is 1. The minimum Gasteiger partial charge on any atom is -0.508 e. The van der Waals surface area contributed by atoms with E-state index in [1.165, 1.54) is 36.7 Å². The third kappa shape index (κ3) is 4.97. The maximum atomic E-state index is 11.4. The Bertz CT molecular complexity index is 654. The maximum absolute atomic E-state index is 11.4. The Hall–Kier alpha value is -3.35. The molecule has 0 bridgehead atoms.